The van der Waals surface area contributed by atoms with Crippen LogP contribution in [0.2, 0.25) is 0 Å². The molecule has 3 rings (SSSR count). The van der Waals surface area contributed by atoms with Crippen LogP contribution in [0.1, 0.15) is 6.42 Å². The molecule has 7 nitrogen and oxygen atoms in total. The van der Waals surface area contributed by atoms with Crippen molar-refractivity contribution in [3.8, 4) is 0 Å². The first-order valence-electron chi connectivity index (χ1n) is 8.28. The van der Waals surface area contributed by atoms with E-state index < -0.39 is 17.7 Å². The molecule has 2 heterocycles. The third kappa shape index (κ3) is 4.16. The minimum Gasteiger partial charge on any atom is -0.354 e. The molecule has 1 aromatic carbocycles. The Balaban J connectivity index is 1.45. The number of benzene rings is 1. The zero-order valence-corrected chi connectivity index (χ0v) is 14.1. The Kier molecular flexibility index (Phi) is 5.45. The van der Waals surface area contributed by atoms with E-state index in [2.05, 4.69) is 10.3 Å². The third-order valence-corrected chi connectivity index (χ3v) is 4.12. The Morgan fingerprint density at radius 2 is 2.08 bits per heavy atom. The summed E-state index contributed by atoms with van der Waals surface area (Å²) in [5.41, 5.74) is 0.275. The van der Waals surface area contributed by atoms with E-state index in [-0.39, 0.29) is 18.1 Å². The number of rotatable bonds is 7. The fourth-order valence-corrected chi connectivity index (χ4v) is 2.76. The lowest BCUT2D eigenvalue weighted by Crippen LogP contribution is -2.40. The third-order valence-electron chi connectivity index (χ3n) is 4.12. The Hall–Kier alpha value is -2.97. The quantitative estimate of drug-likeness (QED) is 0.760. The number of halogens is 2. The van der Waals surface area contributed by atoms with Gasteiger partial charge in [0.25, 0.3) is 0 Å². The Bertz CT molecular complexity index is 781. The van der Waals surface area contributed by atoms with E-state index in [0.29, 0.717) is 19.6 Å². The van der Waals surface area contributed by atoms with Gasteiger partial charge < -0.3 is 14.8 Å². The number of aryl methyl sites for hydroxylation is 1. The second-order valence-electron chi connectivity index (χ2n) is 5.96. The number of amides is 3. The molecule has 1 aliphatic heterocycles. The van der Waals surface area contributed by atoms with Crippen LogP contribution in [0.4, 0.5) is 19.3 Å². The molecular weight excluding hydrogens is 344 g/mol. The van der Waals surface area contributed by atoms with Gasteiger partial charge in [0, 0.05) is 50.3 Å². The summed E-state index contributed by atoms with van der Waals surface area (Å²) in [6, 6.07) is 2.90. The molecular formula is C17H19F2N5O2. The summed E-state index contributed by atoms with van der Waals surface area (Å²) in [5, 5.41) is 2.77. The normalized spacial score (nSPS) is 14.2. The zero-order chi connectivity index (χ0) is 18.5. The molecule has 26 heavy (non-hydrogen) atoms. The molecule has 0 radical (unpaired) electrons. The molecule has 1 N–H and O–H groups in total. The van der Waals surface area contributed by atoms with Crippen molar-refractivity contribution < 1.29 is 18.4 Å². The first-order valence-corrected chi connectivity index (χ1v) is 8.28. The topological polar surface area (TPSA) is 70.5 Å². The molecule has 1 aliphatic rings. The molecule has 0 spiro atoms. The number of imidazole rings is 1. The molecule has 0 unspecified atom stereocenters. The zero-order valence-electron chi connectivity index (χ0n) is 14.1. The number of hydrogen-bond donors (Lipinski definition) is 1. The summed E-state index contributed by atoms with van der Waals surface area (Å²) in [4.78, 5) is 31.0. The van der Waals surface area contributed by atoms with E-state index in [1.807, 2.05) is 10.8 Å². The van der Waals surface area contributed by atoms with Crippen molar-refractivity contribution in [3.63, 3.8) is 0 Å². The van der Waals surface area contributed by atoms with E-state index in [1.54, 1.807) is 12.5 Å². The summed E-state index contributed by atoms with van der Waals surface area (Å²) in [7, 11) is 0. The summed E-state index contributed by atoms with van der Waals surface area (Å²) in [6.07, 6.45) is 5.99. The largest absolute Gasteiger partial charge is 0.354 e. The Morgan fingerprint density at radius 1 is 1.23 bits per heavy atom. The number of nitrogens with zero attached hydrogens (tertiary/aromatic N) is 4. The first kappa shape index (κ1) is 17.8. The van der Waals surface area contributed by atoms with Crippen molar-refractivity contribution in [2.45, 2.75) is 13.0 Å². The smallest absolute Gasteiger partial charge is 0.325 e. The number of aromatic nitrogens is 2. The van der Waals surface area contributed by atoms with E-state index in [1.165, 1.54) is 15.9 Å². The highest BCUT2D eigenvalue weighted by molar-refractivity contribution is 5.96. The van der Waals surface area contributed by atoms with Crippen molar-refractivity contribution in [1.29, 1.82) is 0 Å². The average Bonchev–Trinajstić information content (AvgIpc) is 3.25. The number of carbonyl (C=O) groups is 2. The first-order chi connectivity index (χ1) is 12.5. The molecule has 138 valence electrons. The lowest BCUT2D eigenvalue weighted by atomic mass is 10.3. The standard InChI is InChI=1S/C17H19F2N5O2/c18-14-3-2-13(10-15(14)19)24-9-8-23(17(24)26)11-16(25)21-4-1-6-22-7-5-20-12-22/h2-3,5,7,10,12H,1,4,6,8-9,11H2,(H,21,25). The molecule has 2 aromatic rings. The van der Waals surface area contributed by atoms with Gasteiger partial charge in [-0.05, 0) is 18.6 Å². The lowest BCUT2D eigenvalue weighted by Gasteiger charge is -2.18. The van der Waals surface area contributed by atoms with Crippen LogP contribution in [0.15, 0.2) is 36.9 Å². The minimum atomic E-state index is -1.01. The number of carbonyl (C=O) groups excluding carboxylic acids is 2. The van der Waals surface area contributed by atoms with Crippen molar-refractivity contribution in [3.05, 3.63) is 48.6 Å². The summed E-state index contributed by atoms with van der Waals surface area (Å²) < 4.78 is 28.3. The van der Waals surface area contributed by atoms with Crippen LogP contribution < -0.4 is 10.2 Å². The number of nitrogens with one attached hydrogen (secondary N) is 1. The van der Waals surface area contributed by atoms with Gasteiger partial charge in [0.15, 0.2) is 11.6 Å². The monoisotopic (exact) mass is 363 g/mol. The van der Waals surface area contributed by atoms with Crippen LogP contribution >= 0.6 is 0 Å². The van der Waals surface area contributed by atoms with Gasteiger partial charge in [-0.15, -0.1) is 0 Å². The molecule has 1 saturated heterocycles. The molecule has 9 heteroatoms. The van der Waals surface area contributed by atoms with Gasteiger partial charge in [0.05, 0.1) is 6.33 Å². The molecule has 0 aliphatic carbocycles. The number of hydrogen-bond acceptors (Lipinski definition) is 3. The predicted molar refractivity (Wildman–Crippen MR) is 90.5 cm³/mol. The Labute approximate surface area is 149 Å². The van der Waals surface area contributed by atoms with Crippen LogP contribution in [0, 0.1) is 11.6 Å². The SMILES string of the molecule is O=C(CN1CCN(c2ccc(F)c(F)c2)C1=O)NCCCn1ccnc1. The van der Waals surface area contributed by atoms with E-state index in [4.69, 9.17) is 0 Å². The lowest BCUT2D eigenvalue weighted by molar-refractivity contribution is -0.121. The van der Waals surface area contributed by atoms with Crippen molar-refractivity contribution >= 4 is 17.6 Å². The van der Waals surface area contributed by atoms with Gasteiger partial charge in [-0.2, -0.15) is 0 Å². The van der Waals surface area contributed by atoms with E-state index in [0.717, 1.165) is 25.1 Å². The highest BCUT2D eigenvalue weighted by atomic mass is 19.2. The fraction of sp³-hybridized carbons (Fsp3) is 0.353. The maximum atomic E-state index is 13.3. The highest BCUT2D eigenvalue weighted by Crippen LogP contribution is 2.22. The van der Waals surface area contributed by atoms with Gasteiger partial charge in [0.1, 0.15) is 6.54 Å². The van der Waals surface area contributed by atoms with Crippen LogP contribution in [0.25, 0.3) is 0 Å². The van der Waals surface area contributed by atoms with Crippen LogP contribution in [-0.2, 0) is 11.3 Å². The van der Waals surface area contributed by atoms with Gasteiger partial charge in [0.2, 0.25) is 5.91 Å². The number of urea groups is 1. The van der Waals surface area contributed by atoms with Crippen molar-refractivity contribution in [2.75, 3.05) is 31.1 Å². The van der Waals surface area contributed by atoms with Crippen LogP contribution in [0.3, 0.4) is 0 Å². The molecule has 1 aromatic heterocycles. The predicted octanol–water partition coefficient (Wildman–Crippen LogP) is 1.61. The molecule has 0 saturated carbocycles. The van der Waals surface area contributed by atoms with E-state index >= 15 is 0 Å². The summed E-state index contributed by atoms with van der Waals surface area (Å²) in [5.74, 6) is -2.23. The fourth-order valence-electron chi connectivity index (χ4n) is 2.76. The second kappa shape index (κ2) is 7.94. The minimum absolute atomic E-state index is 0.0654. The average molecular weight is 363 g/mol. The second-order valence-corrected chi connectivity index (χ2v) is 5.96. The van der Waals surface area contributed by atoms with Crippen molar-refractivity contribution in [1.82, 2.24) is 19.8 Å². The Morgan fingerprint density at radius 3 is 2.81 bits per heavy atom. The van der Waals surface area contributed by atoms with Gasteiger partial charge in [-0.1, -0.05) is 0 Å². The van der Waals surface area contributed by atoms with Gasteiger partial charge in [-0.25, -0.2) is 18.6 Å². The maximum Gasteiger partial charge on any atom is 0.325 e. The van der Waals surface area contributed by atoms with E-state index in [9.17, 15) is 18.4 Å². The number of anilines is 1. The van der Waals surface area contributed by atoms with Gasteiger partial charge in [-0.3, -0.25) is 9.69 Å². The van der Waals surface area contributed by atoms with Crippen LogP contribution in [-0.4, -0.2) is 52.6 Å². The van der Waals surface area contributed by atoms with Crippen molar-refractivity contribution in [2.24, 2.45) is 0 Å². The molecule has 0 atom stereocenters. The van der Waals surface area contributed by atoms with Gasteiger partial charge >= 0.3 is 6.03 Å². The van der Waals surface area contributed by atoms with Crippen LogP contribution in [0.5, 0.6) is 0 Å². The molecule has 0 bridgehead atoms. The summed E-state index contributed by atoms with van der Waals surface area (Å²) in [6.45, 7) is 1.83. The molecule has 3 amide bonds. The maximum absolute atomic E-state index is 13.3. The highest BCUT2D eigenvalue weighted by Gasteiger charge is 2.31. The summed E-state index contributed by atoms with van der Waals surface area (Å²) >= 11 is 0. The molecule has 1 fully saturated rings.